The molecule has 0 spiro atoms. The van der Waals surface area contributed by atoms with E-state index in [9.17, 15) is 0 Å². The second kappa shape index (κ2) is 4.21. The highest BCUT2D eigenvalue weighted by Crippen LogP contribution is 2.31. The average Bonchev–Trinajstić information content (AvgIpc) is 2.58. The summed E-state index contributed by atoms with van der Waals surface area (Å²) in [7, 11) is 0. The molecule has 0 unspecified atom stereocenters. The molecule has 3 nitrogen and oxygen atoms in total. The summed E-state index contributed by atoms with van der Waals surface area (Å²) in [5, 5.41) is 0. The van der Waals surface area contributed by atoms with Crippen LogP contribution in [0.2, 0.25) is 0 Å². The molecule has 0 radical (unpaired) electrons. The summed E-state index contributed by atoms with van der Waals surface area (Å²) in [6.45, 7) is 7.53. The van der Waals surface area contributed by atoms with Crippen LogP contribution in [0.15, 0.2) is 6.20 Å². The lowest BCUT2D eigenvalue weighted by Gasteiger charge is -2.31. The standard InChI is InChI=1S/C12H18ClN3/c1-9-10(7-13)8-14-11(15-9)16-6-4-5-12(16,2)3/h8H,4-7H2,1-3H3. The summed E-state index contributed by atoms with van der Waals surface area (Å²) >= 11 is 5.81. The lowest BCUT2D eigenvalue weighted by Crippen LogP contribution is -2.39. The summed E-state index contributed by atoms with van der Waals surface area (Å²) < 4.78 is 0. The Labute approximate surface area is 102 Å². The molecule has 0 aromatic carbocycles. The molecule has 1 aromatic heterocycles. The molecule has 2 rings (SSSR count). The van der Waals surface area contributed by atoms with Crippen molar-refractivity contribution >= 4 is 17.5 Å². The SMILES string of the molecule is Cc1nc(N2CCCC2(C)C)ncc1CCl. The predicted molar refractivity (Wildman–Crippen MR) is 67.0 cm³/mol. The molecule has 0 amide bonds. The van der Waals surface area contributed by atoms with Crippen molar-refractivity contribution in [3.05, 3.63) is 17.5 Å². The molecule has 1 fully saturated rings. The third-order valence-electron chi connectivity index (χ3n) is 3.35. The van der Waals surface area contributed by atoms with E-state index in [4.69, 9.17) is 11.6 Å². The van der Waals surface area contributed by atoms with Crippen LogP contribution in [0.25, 0.3) is 0 Å². The van der Waals surface area contributed by atoms with Crippen molar-refractivity contribution < 1.29 is 0 Å². The van der Waals surface area contributed by atoms with Crippen molar-refractivity contribution in [2.24, 2.45) is 0 Å². The number of nitrogens with zero attached hydrogens (tertiary/aromatic N) is 3. The fourth-order valence-corrected chi connectivity index (χ4v) is 2.48. The summed E-state index contributed by atoms with van der Waals surface area (Å²) in [6.07, 6.45) is 4.26. The monoisotopic (exact) mass is 239 g/mol. The Kier molecular flexibility index (Phi) is 3.06. The third kappa shape index (κ3) is 2.01. The van der Waals surface area contributed by atoms with Gasteiger partial charge in [0.05, 0.1) is 5.88 Å². The van der Waals surface area contributed by atoms with Gasteiger partial charge in [0.1, 0.15) is 0 Å². The molecule has 0 aliphatic carbocycles. The van der Waals surface area contributed by atoms with E-state index in [0.717, 1.165) is 23.8 Å². The van der Waals surface area contributed by atoms with E-state index < -0.39 is 0 Å². The summed E-state index contributed by atoms with van der Waals surface area (Å²) in [4.78, 5) is 11.3. The van der Waals surface area contributed by atoms with Crippen LogP contribution in [0.5, 0.6) is 0 Å². The number of hydrogen-bond acceptors (Lipinski definition) is 3. The zero-order valence-electron chi connectivity index (χ0n) is 10.1. The fourth-order valence-electron chi connectivity index (χ4n) is 2.22. The normalized spacial score (nSPS) is 19.1. The van der Waals surface area contributed by atoms with Gasteiger partial charge in [0.2, 0.25) is 5.95 Å². The zero-order chi connectivity index (χ0) is 11.8. The average molecular weight is 240 g/mol. The highest BCUT2D eigenvalue weighted by molar-refractivity contribution is 6.17. The highest BCUT2D eigenvalue weighted by atomic mass is 35.5. The van der Waals surface area contributed by atoms with Gasteiger partial charge in [0, 0.05) is 29.5 Å². The number of rotatable bonds is 2. The maximum Gasteiger partial charge on any atom is 0.225 e. The van der Waals surface area contributed by atoms with Crippen molar-refractivity contribution in [1.29, 1.82) is 0 Å². The lowest BCUT2D eigenvalue weighted by atomic mass is 10.0. The molecule has 2 heterocycles. The van der Waals surface area contributed by atoms with Crippen LogP contribution in [0.3, 0.4) is 0 Å². The van der Waals surface area contributed by atoms with Gasteiger partial charge < -0.3 is 4.90 Å². The first-order valence-corrected chi connectivity index (χ1v) is 6.24. The maximum atomic E-state index is 5.81. The van der Waals surface area contributed by atoms with Gasteiger partial charge >= 0.3 is 0 Å². The molecule has 16 heavy (non-hydrogen) atoms. The number of aromatic nitrogens is 2. The lowest BCUT2D eigenvalue weighted by molar-refractivity contribution is 0.509. The van der Waals surface area contributed by atoms with E-state index in [0.29, 0.717) is 5.88 Å². The Morgan fingerprint density at radius 1 is 1.50 bits per heavy atom. The minimum absolute atomic E-state index is 0.176. The molecule has 1 aliphatic heterocycles. The Bertz CT molecular complexity index is 390. The zero-order valence-corrected chi connectivity index (χ0v) is 10.9. The number of halogens is 1. The molecular weight excluding hydrogens is 222 g/mol. The number of hydrogen-bond donors (Lipinski definition) is 0. The molecule has 1 aromatic rings. The van der Waals surface area contributed by atoms with Gasteiger partial charge in [-0.05, 0) is 33.6 Å². The van der Waals surface area contributed by atoms with Crippen LogP contribution < -0.4 is 4.90 Å². The first kappa shape index (κ1) is 11.6. The topological polar surface area (TPSA) is 29.0 Å². The van der Waals surface area contributed by atoms with Gasteiger partial charge in [0.15, 0.2) is 0 Å². The number of anilines is 1. The van der Waals surface area contributed by atoms with E-state index in [2.05, 4.69) is 28.7 Å². The van der Waals surface area contributed by atoms with E-state index in [-0.39, 0.29) is 5.54 Å². The van der Waals surface area contributed by atoms with E-state index >= 15 is 0 Å². The van der Waals surface area contributed by atoms with Crippen molar-refractivity contribution in [3.8, 4) is 0 Å². The molecule has 1 saturated heterocycles. The Hall–Kier alpha value is -0.830. The number of alkyl halides is 1. The smallest absolute Gasteiger partial charge is 0.225 e. The molecule has 4 heteroatoms. The van der Waals surface area contributed by atoms with Crippen LogP contribution in [-0.2, 0) is 5.88 Å². The maximum absolute atomic E-state index is 5.81. The minimum atomic E-state index is 0.176. The Morgan fingerprint density at radius 2 is 2.25 bits per heavy atom. The Balaban J connectivity index is 2.31. The molecular formula is C12H18ClN3. The van der Waals surface area contributed by atoms with Gasteiger partial charge in [-0.1, -0.05) is 0 Å². The van der Waals surface area contributed by atoms with Gasteiger partial charge in [-0.2, -0.15) is 0 Å². The van der Waals surface area contributed by atoms with E-state index in [1.165, 1.54) is 12.8 Å². The molecule has 1 aliphatic rings. The van der Waals surface area contributed by atoms with Crippen LogP contribution in [0, 0.1) is 6.92 Å². The van der Waals surface area contributed by atoms with Crippen molar-refractivity contribution in [2.45, 2.75) is 45.0 Å². The van der Waals surface area contributed by atoms with Crippen molar-refractivity contribution in [2.75, 3.05) is 11.4 Å². The van der Waals surface area contributed by atoms with Gasteiger partial charge in [-0.25, -0.2) is 9.97 Å². The second-order valence-electron chi connectivity index (χ2n) is 4.98. The van der Waals surface area contributed by atoms with Gasteiger partial charge in [-0.3, -0.25) is 0 Å². The van der Waals surface area contributed by atoms with Gasteiger partial charge in [-0.15, -0.1) is 11.6 Å². The quantitative estimate of drug-likeness (QED) is 0.744. The van der Waals surface area contributed by atoms with Crippen LogP contribution in [0.1, 0.15) is 37.9 Å². The van der Waals surface area contributed by atoms with Crippen LogP contribution in [-0.4, -0.2) is 22.1 Å². The van der Waals surface area contributed by atoms with E-state index in [1.807, 2.05) is 13.1 Å². The third-order valence-corrected chi connectivity index (χ3v) is 3.64. The van der Waals surface area contributed by atoms with Crippen LogP contribution >= 0.6 is 11.6 Å². The molecule has 88 valence electrons. The minimum Gasteiger partial charge on any atom is -0.336 e. The molecule has 0 atom stereocenters. The number of aryl methyl sites for hydroxylation is 1. The Morgan fingerprint density at radius 3 is 2.75 bits per heavy atom. The molecule has 0 saturated carbocycles. The van der Waals surface area contributed by atoms with Crippen molar-refractivity contribution in [1.82, 2.24) is 9.97 Å². The van der Waals surface area contributed by atoms with E-state index in [1.54, 1.807) is 0 Å². The summed E-state index contributed by atoms with van der Waals surface area (Å²) in [5.74, 6) is 1.32. The molecule has 0 N–H and O–H groups in total. The largest absolute Gasteiger partial charge is 0.336 e. The predicted octanol–water partition coefficient (Wildman–Crippen LogP) is 2.90. The summed E-state index contributed by atoms with van der Waals surface area (Å²) in [5.41, 5.74) is 2.18. The first-order valence-electron chi connectivity index (χ1n) is 5.71. The van der Waals surface area contributed by atoms with Gasteiger partial charge in [0.25, 0.3) is 0 Å². The fraction of sp³-hybridized carbons (Fsp3) is 0.667. The highest BCUT2D eigenvalue weighted by Gasteiger charge is 2.33. The van der Waals surface area contributed by atoms with Crippen LogP contribution in [0.4, 0.5) is 5.95 Å². The first-order chi connectivity index (χ1) is 7.54. The summed E-state index contributed by atoms with van der Waals surface area (Å²) in [6, 6.07) is 0. The molecule has 0 bridgehead atoms. The second-order valence-corrected chi connectivity index (χ2v) is 5.25. The van der Waals surface area contributed by atoms with Crippen molar-refractivity contribution in [3.63, 3.8) is 0 Å².